The van der Waals surface area contributed by atoms with Crippen molar-refractivity contribution in [3.8, 4) is 11.5 Å². The lowest BCUT2D eigenvalue weighted by Crippen LogP contribution is -1.95. The number of nitrogens with zero attached hydrogens (tertiary/aromatic N) is 2. The van der Waals surface area contributed by atoms with Crippen molar-refractivity contribution in [3.63, 3.8) is 0 Å². The third kappa shape index (κ3) is 3.00. The Kier molecular flexibility index (Phi) is 3.97. The molecule has 2 aromatic rings. The van der Waals surface area contributed by atoms with Crippen molar-refractivity contribution in [2.75, 3.05) is 0 Å². The van der Waals surface area contributed by atoms with Crippen LogP contribution in [0.25, 0.3) is 0 Å². The van der Waals surface area contributed by atoms with Gasteiger partial charge in [-0.25, -0.2) is 0 Å². The van der Waals surface area contributed by atoms with Crippen LogP contribution < -0.4 is 4.74 Å². The number of aromatic nitrogens is 1. The van der Waals surface area contributed by atoms with Gasteiger partial charge in [0.2, 0.25) is 0 Å². The van der Waals surface area contributed by atoms with E-state index in [0.717, 1.165) is 5.69 Å². The first-order chi connectivity index (χ1) is 9.11. The number of nitro benzene ring substituents is 1. The summed E-state index contributed by atoms with van der Waals surface area (Å²) in [5.74, 6) is 1.16. The lowest BCUT2D eigenvalue weighted by Gasteiger charge is -2.08. The second-order valence-corrected chi connectivity index (χ2v) is 4.14. The number of ether oxygens (including phenoxy) is 1. The van der Waals surface area contributed by atoms with Crippen molar-refractivity contribution in [2.45, 2.75) is 12.8 Å². The van der Waals surface area contributed by atoms with Gasteiger partial charge in [-0.15, -0.1) is 11.6 Å². The minimum atomic E-state index is -0.461. The highest BCUT2D eigenvalue weighted by Gasteiger charge is 2.14. The summed E-state index contributed by atoms with van der Waals surface area (Å²) in [4.78, 5) is 14.4. The average molecular weight is 279 g/mol. The maximum absolute atomic E-state index is 10.8. The summed E-state index contributed by atoms with van der Waals surface area (Å²) in [5.41, 5.74) is 1.16. The number of nitro groups is 1. The second kappa shape index (κ2) is 5.67. The molecule has 1 aromatic carbocycles. The molecular formula is C13H11ClN2O3. The molecule has 0 bridgehead atoms. The molecule has 0 aliphatic rings. The molecule has 0 unspecified atom stereocenters. The minimum absolute atomic E-state index is 0.00902. The predicted octanol–water partition coefficient (Wildman–Crippen LogP) is 3.83. The van der Waals surface area contributed by atoms with Gasteiger partial charge in [-0.2, -0.15) is 0 Å². The number of hydrogen-bond acceptors (Lipinski definition) is 4. The molecule has 0 amide bonds. The van der Waals surface area contributed by atoms with E-state index >= 15 is 0 Å². The molecule has 0 fully saturated rings. The Morgan fingerprint density at radius 3 is 2.84 bits per heavy atom. The molecule has 0 atom stereocenters. The smallest absolute Gasteiger partial charge is 0.274 e. The Hall–Kier alpha value is -2.14. The van der Waals surface area contributed by atoms with E-state index in [2.05, 4.69) is 4.98 Å². The fourth-order valence-electron chi connectivity index (χ4n) is 1.61. The highest BCUT2D eigenvalue weighted by atomic mass is 35.5. The molecule has 0 spiro atoms. The topological polar surface area (TPSA) is 65.3 Å². The largest absolute Gasteiger partial charge is 0.455 e. The molecule has 0 saturated heterocycles. The van der Waals surface area contributed by atoms with Gasteiger partial charge in [-0.1, -0.05) is 0 Å². The Morgan fingerprint density at radius 2 is 2.21 bits per heavy atom. The highest BCUT2D eigenvalue weighted by molar-refractivity contribution is 6.17. The molecule has 0 radical (unpaired) electrons. The number of rotatable bonds is 4. The van der Waals surface area contributed by atoms with E-state index in [0.29, 0.717) is 17.1 Å². The molecule has 0 aliphatic carbocycles. The number of pyridine rings is 1. The zero-order valence-electron chi connectivity index (χ0n) is 10.2. The Bertz CT molecular complexity index is 617. The van der Waals surface area contributed by atoms with Gasteiger partial charge >= 0.3 is 0 Å². The van der Waals surface area contributed by atoms with Gasteiger partial charge in [-0.3, -0.25) is 15.1 Å². The van der Waals surface area contributed by atoms with Crippen molar-refractivity contribution in [1.29, 1.82) is 0 Å². The standard InChI is InChI=1S/C13H11ClN2O3/c1-9-13(3-2-6-15-9)19-11-4-5-12(16(17)18)10(7-11)8-14/h2-7H,8H2,1H3. The lowest BCUT2D eigenvalue weighted by molar-refractivity contribution is -0.385. The fourth-order valence-corrected chi connectivity index (χ4v) is 1.83. The van der Waals surface area contributed by atoms with E-state index in [-0.39, 0.29) is 11.6 Å². The summed E-state index contributed by atoms with van der Waals surface area (Å²) in [6.45, 7) is 1.82. The lowest BCUT2D eigenvalue weighted by atomic mass is 10.2. The van der Waals surface area contributed by atoms with Gasteiger partial charge < -0.3 is 4.74 Å². The monoisotopic (exact) mass is 278 g/mol. The summed E-state index contributed by atoms with van der Waals surface area (Å²) in [6, 6.07) is 8.04. The van der Waals surface area contributed by atoms with E-state index in [1.807, 2.05) is 6.92 Å². The maximum Gasteiger partial charge on any atom is 0.274 e. The Labute approximate surface area is 115 Å². The van der Waals surface area contributed by atoms with Gasteiger partial charge in [0.25, 0.3) is 5.69 Å². The van der Waals surface area contributed by atoms with Crippen LogP contribution in [0.2, 0.25) is 0 Å². The van der Waals surface area contributed by atoms with Crippen molar-refractivity contribution in [1.82, 2.24) is 4.98 Å². The van der Waals surface area contributed by atoms with Crippen molar-refractivity contribution in [2.24, 2.45) is 0 Å². The van der Waals surface area contributed by atoms with Crippen LogP contribution in [0.5, 0.6) is 11.5 Å². The maximum atomic E-state index is 10.8. The summed E-state index contributed by atoms with van der Waals surface area (Å²) >= 11 is 5.71. The molecule has 1 aromatic heterocycles. The number of halogens is 1. The third-order valence-corrected chi connectivity index (χ3v) is 2.87. The quantitative estimate of drug-likeness (QED) is 0.484. The molecule has 19 heavy (non-hydrogen) atoms. The van der Waals surface area contributed by atoms with Crippen LogP contribution in [0, 0.1) is 17.0 Å². The number of alkyl halides is 1. The van der Waals surface area contributed by atoms with Crippen LogP contribution in [0.4, 0.5) is 5.69 Å². The molecule has 0 saturated carbocycles. The molecule has 5 nitrogen and oxygen atoms in total. The highest BCUT2D eigenvalue weighted by Crippen LogP contribution is 2.29. The summed E-state index contributed by atoms with van der Waals surface area (Å²) < 4.78 is 5.64. The van der Waals surface area contributed by atoms with Crippen molar-refractivity contribution < 1.29 is 9.66 Å². The number of hydrogen-bond donors (Lipinski definition) is 0. The first-order valence-corrected chi connectivity index (χ1v) is 6.08. The van der Waals surface area contributed by atoms with Crippen LogP contribution in [0.3, 0.4) is 0 Å². The molecule has 0 aliphatic heterocycles. The first-order valence-electron chi connectivity index (χ1n) is 5.54. The molecule has 0 N–H and O–H groups in total. The zero-order chi connectivity index (χ0) is 13.8. The predicted molar refractivity (Wildman–Crippen MR) is 71.7 cm³/mol. The SMILES string of the molecule is Cc1ncccc1Oc1ccc([N+](=O)[O-])c(CCl)c1. The van der Waals surface area contributed by atoms with Crippen LogP contribution in [-0.2, 0) is 5.88 Å². The van der Waals surface area contributed by atoms with Crippen molar-refractivity contribution in [3.05, 3.63) is 57.9 Å². The van der Waals surface area contributed by atoms with E-state index < -0.39 is 4.92 Å². The minimum Gasteiger partial charge on any atom is -0.455 e. The molecule has 1 heterocycles. The van der Waals surface area contributed by atoms with E-state index in [9.17, 15) is 10.1 Å². The second-order valence-electron chi connectivity index (χ2n) is 3.87. The molecule has 2 rings (SSSR count). The third-order valence-electron chi connectivity index (χ3n) is 2.58. The van der Waals surface area contributed by atoms with Crippen LogP contribution in [0.15, 0.2) is 36.5 Å². The summed E-state index contributed by atoms with van der Waals surface area (Å²) in [7, 11) is 0. The first kappa shape index (κ1) is 13.3. The number of benzene rings is 1. The Morgan fingerprint density at radius 1 is 1.42 bits per heavy atom. The Balaban J connectivity index is 2.32. The van der Waals surface area contributed by atoms with E-state index in [1.54, 1.807) is 30.5 Å². The van der Waals surface area contributed by atoms with Gasteiger partial charge in [0.15, 0.2) is 0 Å². The normalized spacial score (nSPS) is 10.2. The van der Waals surface area contributed by atoms with Gasteiger partial charge in [0.1, 0.15) is 11.5 Å². The van der Waals surface area contributed by atoms with Crippen LogP contribution in [-0.4, -0.2) is 9.91 Å². The van der Waals surface area contributed by atoms with Crippen molar-refractivity contribution >= 4 is 17.3 Å². The number of aryl methyl sites for hydroxylation is 1. The zero-order valence-corrected chi connectivity index (χ0v) is 10.9. The summed E-state index contributed by atoms with van der Waals surface area (Å²) in [6.07, 6.45) is 1.67. The molecule has 98 valence electrons. The summed E-state index contributed by atoms with van der Waals surface area (Å²) in [5, 5.41) is 10.8. The average Bonchev–Trinajstić information content (AvgIpc) is 2.41. The van der Waals surface area contributed by atoms with Gasteiger partial charge in [0.05, 0.1) is 16.5 Å². The molecule has 6 heteroatoms. The van der Waals surface area contributed by atoms with E-state index in [4.69, 9.17) is 16.3 Å². The fraction of sp³-hybridized carbons (Fsp3) is 0.154. The van der Waals surface area contributed by atoms with Crippen LogP contribution in [0.1, 0.15) is 11.3 Å². The van der Waals surface area contributed by atoms with E-state index in [1.165, 1.54) is 6.07 Å². The molecular weight excluding hydrogens is 268 g/mol. The van der Waals surface area contributed by atoms with Gasteiger partial charge in [0, 0.05) is 17.8 Å². The van der Waals surface area contributed by atoms with Gasteiger partial charge in [-0.05, 0) is 31.2 Å². The van der Waals surface area contributed by atoms with Crippen LogP contribution >= 0.6 is 11.6 Å².